The summed E-state index contributed by atoms with van der Waals surface area (Å²) in [6, 6.07) is 14.3. The number of nitrogens with zero attached hydrogens (tertiary/aromatic N) is 3. The monoisotopic (exact) mass is 567 g/mol. The third kappa shape index (κ3) is 9.84. The molecule has 0 saturated carbocycles. The van der Waals surface area contributed by atoms with Crippen molar-refractivity contribution < 1.29 is 24.2 Å². The molecular weight excluding hydrogens is 522 g/mol. The first-order valence-corrected chi connectivity index (χ1v) is 14.3. The van der Waals surface area contributed by atoms with Crippen LogP contribution in [0.3, 0.4) is 0 Å². The molecule has 1 saturated heterocycles. The van der Waals surface area contributed by atoms with Gasteiger partial charge in [-0.15, -0.1) is 0 Å². The zero-order valence-corrected chi connectivity index (χ0v) is 24.6. The number of hydrogen-bond donors (Lipinski definition) is 3. The molecule has 3 rings (SSSR count). The van der Waals surface area contributed by atoms with Crippen LogP contribution in [-0.4, -0.2) is 91.7 Å². The lowest BCUT2D eigenvalue weighted by Gasteiger charge is -2.34. The first-order chi connectivity index (χ1) is 19.7. The molecule has 2 aromatic rings. The predicted molar refractivity (Wildman–Crippen MR) is 161 cm³/mol. The fourth-order valence-corrected chi connectivity index (χ4v) is 4.74. The van der Waals surface area contributed by atoms with Gasteiger partial charge in [0.25, 0.3) is 0 Å². The van der Waals surface area contributed by atoms with Crippen molar-refractivity contribution >= 4 is 17.6 Å². The van der Waals surface area contributed by atoms with Crippen LogP contribution >= 0.6 is 0 Å². The largest absolute Gasteiger partial charge is 0.493 e. The van der Waals surface area contributed by atoms with Gasteiger partial charge in [-0.25, -0.2) is 0 Å². The Morgan fingerprint density at radius 1 is 1.02 bits per heavy atom. The summed E-state index contributed by atoms with van der Waals surface area (Å²) in [4.78, 5) is 32.3. The quantitative estimate of drug-likeness (QED) is 0.170. The maximum atomic E-state index is 12.2. The van der Waals surface area contributed by atoms with Gasteiger partial charge in [0.15, 0.2) is 0 Å². The molecule has 41 heavy (non-hydrogen) atoms. The van der Waals surface area contributed by atoms with E-state index >= 15 is 0 Å². The van der Waals surface area contributed by atoms with E-state index in [2.05, 4.69) is 34.2 Å². The summed E-state index contributed by atoms with van der Waals surface area (Å²) >= 11 is 0. The van der Waals surface area contributed by atoms with Crippen LogP contribution in [0.4, 0.5) is 0 Å². The average molecular weight is 568 g/mol. The number of benzene rings is 2. The maximum absolute atomic E-state index is 12.2. The summed E-state index contributed by atoms with van der Waals surface area (Å²) < 4.78 is 11.3. The molecule has 2 amide bonds. The van der Waals surface area contributed by atoms with Crippen molar-refractivity contribution in [2.24, 2.45) is 22.4 Å². The van der Waals surface area contributed by atoms with Crippen LogP contribution in [0.5, 0.6) is 5.75 Å². The molecule has 2 aromatic carbocycles. The molecule has 0 spiro atoms. The van der Waals surface area contributed by atoms with E-state index in [-0.39, 0.29) is 24.7 Å². The molecule has 0 bridgehead atoms. The topological polar surface area (TPSA) is 144 Å². The van der Waals surface area contributed by atoms with Crippen molar-refractivity contribution in [3.63, 3.8) is 0 Å². The molecule has 0 aliphatic carbocycles. The molecule has 1 aliphatic heterocycles. The van der Waals surface area contributed by atoms with Gasteiger partial charge in [0, 0.05) is 65.3 Å². The summed E-state index contributed by atoms with van der Waals surface area (Å²) in [6.45, 7) is 8.75. The highest BCUT2D eigenvalue weighted by molar-refractivity contribution is 6.02. The van der Waals surface area contributed by atoms with Gasteiger partial charge in [-0.3, -0.25) is 19.5 Å². The van der Waals surface area contributed by atoms with Gasteiger partial charge in [-0.2, -0.15) is 0 Å². The molecule has 224 valence electrons. The second-order valence-electron chi connectivity index (χ2n) is 10.5. The van der Waals surface area contributed by atoms with E-state index in [1.165, 1.54) is 5.56 Å². The summed E-state index contributed by atoms with van der Waals surface area (Å²) in [5, 5.41) is 9.82. The molecule has 1 heterocycles. The number of carbonyl (C=O) groups excluding carboxylic acids is 2. The number of methoxy groups -OCH3 is 1. The highest BCUT2D eigenvalue weighted by Crippen LogP contribution is 2.32. The Labute approximate surface area is 243 Å². The number of amides is 2. The van der Waals surface area contributed by atoms with Crippen LogP contribution in [0.15, 0.2) is 47.5 Å². The number of hydrogen-bond acceptors (Lipinski definition) is 7. The van der Waals surface area contributed by atoms with Gasteiger partial charge in [-0.05, 0) is 35.6 Å². The lowest BCUT2D eigenvalue weighted by molar-refractivity contribution is -0.130. The number of rotatable bonds is 15. The smallest absolute Gasteiger partial charge is 0.228 e. The number of nitrogens with two attached hydrogens (primary N) is 2. The van der Waals surface area contributed by atoms with Crippen LogP contribution in [0.2, 0.25) is 0 Å². The van der Waals surface area contributed by atoms with Crippen LogP contribution in [-0.2, 0) is 27.3 Å². The molecule has 10 nitrogen and oxygen atoms in total. The van der Waals surface area contributed by atoms with E-state index in [4.69, 9.17) is 20.9 Å². The van der Waals surface area contributed by atoms with Crippen molar-refractivity contribution in [3.8, 4) is 16.9 Å². The Kier molecular flexibility index (Phi) is 12.6. The Balaban J connectivity index is 1.76. The molecular formula is C31H45N5O5. The summed E-state index contributed by atoms with van der Waals surface area (Å²) in [6.07, 6.45) is 0.941. The normalized spacial score (nSPS) is 15.9. The summed E-state index contributed by atoms with van der Waals surface area (Å²) in [5.41, 5.74) is 15.8. The van der Waals surface area contributed by atoms with Crippen molar-refractivity contribution in [3.05, 3.63) is 53.6 Å². The number of piperazine rings is 1. The predicted octanol–water partition coefficient (Wildman–Crippen LogP) is 2.21. The van der Waals surface area contributed by atoms with Gasteiger partial charge >= 0.3 is 0 Å². The molecule has 0 radical (unpaired) electrons. The minimum absolute atomic E-state index is 0.120. The number of ether oxygens (including phenoxy) is 2. The van der Waals surface area contributed by atoms with Crippen molar-refractivity contribution in [1.29, 1.82) is 0 Å². The third-order valence-electron chi connectivity index (χ3n) is 7.38. The highest BCUT2D eigenvalue weighted by Gasteiger charge is 2.22. The van der Waals surface area contributed by atoms with Gasteiger partial charge in [-0.1, -0.05) is 43.3 Å². The van der Waals surface area contributed by atoms with Crippen molar-refractivity contribution in [2.75, 3.05) is 53.0 Å². The highest BCUT2D eigenvalue weighted by atomic mass is 16.5. The molecule has 1 fully saturated rings. The Hall–Kier alpha value is -3.47. The van der Waals surface area contributed by atoms with Crippen LogP contribution in [0, 0.1) is 5.92 Å². The van der Waals surface area contributed by atoms with E-state index in [1.807, 2.05) is 30.0 Å². The van der Waals surface area contributed by atoms with Crippen LogP contribution in [0.1, 0.15) is 37.8 Å². The molecule has 2 atom stereocenters. The number of aliphatic hydroxyl groups is 1. The zero-order valence-electron chi connectivity index (χ0n) is 24.6. The van der Waals surface area contributed by atoms with E-state index in [1.54, 1.807) is 14.0 Å². The number of primary amides is 1. The molecule has 1 aliphatic rings. The second-order valence-corrected chi connectivity index (χ2v) is 10.5. The molecule has 5 N–H and O–H groups in total. The van der Waals surface area contributed by atoms with E-state index in [9.17, 15) is 14.7 Å². The maximum Gasteiger partial charge on any atom is 0.228 e. The first-order valence-electron chi connectivity index (χ1n) is 14.3. The minimum atomic E-state index is -0.789. The fraction of sp³-hybridized carbons (Fsp3) is 0.516. The van der Waals surface area contributed by atoms with Gasteiger partial charge in [0.05, 0.1) is 25.2 Å². The van der Waals surface area contributed by atoms with Crippen molar-refractivity contribution in [2.45, 2.75) is 45.8 Å². The third-order valence-corrected chi connectivity index (χ3v) is 7.38. The van der Waals surface area contributed by atoms with Gasteiger partial charge in [0.1, 0.15) is 11.6 Å². The minimum Gasteiger partial charge on any atom is -0.493 e. The number of carbonyl (C=O) groups is 2. The Morgan fingerprint density at radius 3 is 2.32 bits per heavy atom. The van der Waals surface area contributed by atoms with E-state index < -0.39 is 17.9 Å². The standard InChI is InChI=1S/C31H45N5O5/c1-4-26(38)20-34-30(32)28(31(33)39)18-24-8-11-27(29(19-24)41-17-5-16-40-3)25-9-6-23(7-10-25)21-35-12-14-36(15-13-35)22(2)37/h6-11,19,26,28,38H,4-5,12-18,20-21H2,1-3H3,(H2,32,34)(H2,33,39). The number of amidine groups is 1. The Morgan fingerprint density at radius 2 is 1.71 bits per heavy atom. The van der Waals surface area contributed by atoms with E-state index in [0.717, 1.165) is 55.8 Å². The zero-order chi connectivity index (χ0) is 29.8. The fourth-order valence-electron chi connectivity index (χ4n) is 4.74. The SMILES string of the molecule is CCC(O)CN=C(N)C(Cc1ccc(-c2ccc(CN3CCN(C(C)=O)CC3)cc2)c(OCCCOC)c1)C(N)=O. The van der Waals surface area contributed by atoms with Crippen LogP contribution < -0.4 is 16.2 Å². The summed E-state index contributed by atoms with van der Waals surface area (Å²) in [5.74, 6) is -0.402. The average Bonchev–Trinajstić information content (AvgIpc) is 2.97. The van der Waals surface area contributed by atoms with Crippen LogP contribution in [0.25, 0.3) is 11.1 Å². The van der Waals surface area contributed by atoms with Crippen molar-refractivity contribution in [1.82, 2.24) is 9.80 Å². The van der Waals surface area contributed by atoms with Gasteiger partial charge < -0.3 is 30.9 Å². The second kappa shape index (κ2) is 16.1. The first kappa shape index (κ1) is 32.0. The lowest BCUT2D eigenvalue weighted by Crippen LogP contribution is -2.47. The van der Waals surface area contributed by atoms with Gasteiger partial charge in [0.2, 0.25) is 11.8 Å². The molecule has 0 aromatic heterocycles. The lowest BCUT2D eigenvalue weighted by atomic mass is 9.94. The summed E-state index contributed by atoms with van der Waals surface area (Å²) in [7, 11) is 1.66. The number of aliphatic hydroxyl groups excluding tert-OH is 1. The van der Waals surface area contributed by atoms with E-state index in [0.29, 0.717) is 25.4 Å². The Bertz CT molecular complexity index is 1160. The molecule has 10 heteroatoms. The molecule has 2 unspecified atom stereocenters. The number of aliphatic imine (C=N–C) groups is 1.